The van der Waals surface area contributed by atoms with Gasteiger partial charge in [-0.15, -0.1) is 0 Å². The summed E-state index contributed by atoms with van der Waals surface area (Å²) in [6.07, 6.45) is 1.31. The Hall–Kier alpha value is 1.26. The molecule has 0 rings (SSSR count). The Morgan fingerprint density at radius 2 is 1.67 bits per heavy atom. The Kier molecular flexibility index (Phi) is 10.7. The van der Waals surface area contributed by atoms with Crippen LogP contribution in [0.15, 0.2) is 0 Å². The summed E-state index contributed by atoms with van der Waals surface area (Å²) >= 11 is 0. The Morgan fingerprint density at radius 1 is 1.50 bits per heavy atom. The van der Waals surface area contributed by atoms with Crippen molar-refractivity contribution < 1.29 is 2.85 Å². The Morgan fingerprint density at radius 3 is 1.67 bits per heavy atom. The van der Waals surface area contributed by atoms with Crippen LogP contribution in [-0.2, 0) is 0 Å². The van der Waals surface area contributed by atoms with Crippen LogP contribution >= 0.6 is 0 Å². The molecule has 0 aliphatic heterocycles. The van der Waals surface area contributed by atoms with Crippen LogP contribution in [0.2, 0.25) is 0 Å². The van der Waals surface area contributed by atoms with Crippen molar-refractivity contribution in [2.24, 2.45) is 5.92 Å². The van der Waals surface area contributed by atoms with E-state index < -0.39 is 0 Å². The average molecular weight is 114 g/mol. The van der Waals surface area contributed by atoms with Crippen molar-refractivity contribution in [2.45, 2.75) is 27.2 Å². The number of rotatable bonds is 1. The maximum Gasteiger partial charge on any atom is 2.00 e. The fourth-order valence-corrected chi connectivity index (χ4v) is 0. The van der Waals surface area contributed by atoms with E-state index in [0.717, 1.165) is 5.92 Å². The fraction of sp³-hybridized carbons (Fsp3) is 1.00. The second kappa shape index (κ2) is 6.26. The average Bonchev–Trinajstić information content (AvgIpc) is 1.38. The summed E-state index contributed by atoms with van der Waals surface area (Å²) in [5.74, 6) is 0.884. The third kappa shape index (κ3) is 8.98. The van der Waals surface area contributed by atoms with E-state index in [1.54, 1.807) is 0 Å². The van der Waals surface area contributed by atoms with Gasteiger partial charge in [0.05, 0.1) is 0 Å². The van der Waals surface area contributed by atoms with E-state index in [1.165, 1.54) is 6.42 Å². The first-order valence-corrected chi connectivity index (χ1v) is 2.27. The molecule has 0 amide bonds. The van der Waals surface area contributed by atoms with E-state index >= 15 is 0 Å². The fourth-order valence-electron chi connectivity index (χ4n) is 0. The van der Waals surface area contributed by atoms with E-state index in [9.17, 15) is 0 Å². The minimum atomic E-state index is 0. The molecule has 0 aromatic rings. The van der Waals surface area contributed by atoms with Crippen LogP contribution in [-0.4, -0.2) is 37.7 Å². The minimum Gasteiger partial charge on any atom is -1.00 e. The molecule has 36 valence electrons. The molecule has 0 unspecified atom stereocenters. The van der Waals surface area contributed by atoms with Gasteiger partial charge in [0, 0.05) is 0 Å². The molecular formula is C5H14Ca. The molecule has 0 aliphatic rings. The van der Waals surface area contributed by atoms with Crippen LogP contribution in [0.25, 0.3) is 0 Å². The molecule has 0 aliphatic carbocycles. The van der Waals surface area contributed by atoms with Crippen molar-refractivity contribution in [2.75, 3.05) is 0 Å². The second-order valence-corrected chi connectivity index (χ2v) is 1.80. The molecule has 0 atom stereocenters. The summed E-state index contributed by atoms with van der Waals surface area (Å²) in [4.78, 5) is 0. The van der Waals surface area contributed by atoms with Gasteiger partial charge in [-0.1, -0.05) is 27.2 Å². The maximum absolute atomic E-state index is 2.22. The van der Waals surface area contributed by atoms with Gasteiger partial charge >= 0.3 is 37.7 Å². The summed E-state index contributed by atoms with van der Waals surface area (Å²) in [6.45, 7) is 6.64. The van der Waals surface area contributed by atoms with Gasteiger partial charge in [0.25, 0.3) is 0 Å². The van der Waals surface area contributed by atoms with Crippen molar-refractivity contribution in [1.82, 2.24) is 0 Å². The van der Waals surface area contributed by atoms with Crippen molar-refractivity contribution >= 4 is 37.7 Å². The van der Waals surface area contributed by atoms with Gasteiger partial charge in [-0.05, 0) is 5.92 Å². The van der Waals surface area contributed by atoms with Gasteiger partial charge in [-0.25, -0.2) is 0 Å². The SMILES string of the molecule is CCC(C)C.[Ca+2].[H-].[H-]. The Labute approximate surface area is 73.3 Å². The van der Waals surface area contributed by atoms with E-state index in [-0.39, 0.29) is 40.6 Å². The Bertz CT molecular complexity index is 24.4. The molecule has 0 aromatic heterocycles. The molecule has 0 saturated carbocycles. The van der Waals surface area contributed by atoms with Gasteiger partial charge in [-0.3, -0.25) is 0 Å². The largest absolute Gasteiger partial charge is 2.00 e. The topological polar surface area (TPSA) is 0 Å². The zero-order valence-corrected chi connectivity index (χ0v) is 7.20. The van der Waals surface area contributed by atoms with Gasteiger partial charge in [0.1, 0.15) is 0 Å². The van der Waals surface area contributed by atoms with Gasteiger partial charge < -0.3 is 2.85 Å². The maximum atomic E-state index is 2.22. The summed E-state index contributed by atoms with van der Waals surface area (Å²) in [5, 5.41) is 0. The predicted molar refractivity (Wildman–Crippen MR) is 33.1 cm³/mol. The normalized spacial score (nSPS) is 8.00. The van der Waals surface area contributed by atoms with Crippen molar-refractivity contribution in [1.29, 1.82) is 0 Å². The molecule has 0 radical (unpaired) electrons. The summed E-state index contributed by atoms with van der Waals surface area (Å²) in [5.41, 5.74) is 0. The van der Waals surface area contributed by atoms with Crippen molar-refractivity contribution in [3.05, 3.63) is 0 Å². The molecule has 0 nitrogen and oxygen atoms in total. The van der Waals surface area contributed by atoms with Crippen LogP contribution in [0.3, 0.4) is 0 Å². The van der Waals surface area contributed by atoms with Crippen LogP contribution in [0.1, 0.15) is 30.0 Å². The smallest absolute Gasteiger partial charge is 1.00 e. The van der Waals surface area contributed by atoms with Crippen LogP contribution < -0.4 is 0 Å². The second-order valence-electron chi connectivity index (χ2n) is 1.80. The van der Waals surface area contributed by atoms with E-state index in [2.05, 4.69) is 20.8 Å². The summed E-state index contributed by atoms with van der Waals surface area (Å²) < 4.78 is 0. The van der Waals surface area contributed by atoms with Gasteiger partial charge in [0.2, 0.25) is 0 Å². The van der Waals surface area contributed by atoms with Gasteiger partial charge in [0.15, 0.2) is 0 Å². The zero-order valence-electron chi connectivity index (χ0n) is 6.99. The molecular weight excluding hydrogens is 100 g/mol. The zero-order chi connectivity index (χ0) is 4.28. The minimum absolute atomic E-state index is 0. The van der Waals surface area contributed by atoms with Crippen LogP contribution in [0, 0.1) is 5.92 Å². The molecule has 1 heteroatoms. The van der Waals surface area contributed by atoms with Crippen molar-refractivity contribution in [3.63, 3.8) is 0 Å². The molecule has 0 N–H and O–H groups in total. The molecule has 0 spiro atoms. The van der Waals surface area contributed by atoms with Gasteiger partial charge in [-0.2, -0.15) is 0 Å². The number of hydrogen-bond donors (Lipinski definition) is 0. The first-order valence-electron chi connectivity index (χ1n) is 2.27. The van der Waals surface area contributed by atoms with E-state index in [4.69, 9.17) is 0 Å². The standard InChI is InChI=1S/C5H12.Ca.2H/c1-4-5(2)3;;;/h5H,4H2,1-3H3;;;/q;+2;2*-1. The molecule has 0 bridgehead atoms. The third-order valence-electron chi connectivity index (χ3n) is 0.816. The molecule has 0 heterocycles. The molecule has 6 heavy (non-hydrogen) atoms. The van der Waals surface area contributed by atoms with E-state index in [0.29, 0.717) is 0 Å². The monoisotopic (exact) mass is 114 g/mol. The summed E-state index contributed by atoms with van der Waals surface area (Å²) in [7, 11) is 0. The predicted octanol–water partition coefficient (Wildman–Crippen LogP) is 1.90. The van der Waals surface area contributed by atoms with Crippen LogP contribution in [0.4, 0.5) is 0 Å². The first kappa shape index (κ1) is 10.3. The molecule has 0 saturated heterocycles. The quantitative estimate of drug-likeness (QED) is 0.457. The third-order valence-corrected chi connectivity index (χ3v) is 0.816. The molecule has 0 fully saturated rings. The van der Waals surface area contributed by atoms with E-state index in [1.807, 2.05) is 0 Å². The first-order chi connectivity index (χ1) is 2.27. The number of hydrogen-bond acceptors (Lipinski definition) is 0. The van der Waals surface area contributed by atoms with Crippen LogP contribution in [0.5, 0.6) is 0 Å². The van der Waals surface area contributed by atoms with Crippen molar-refractivity contribution in [3.8, 4) is 0 Å². The summed E-state index contributed by atoms with van der Waals surface area (Å²) in [6, 6.07) is 0. The Balaban J connectivity index is -0.0000000267. The molecule has 0 aromatic carbocycles.